The third-order valence-electron chi connectivity index (χ3n) is 13.9. The second-order valence-corrected chi connectivity index (χ2v) is 18.6. The van der Waals surface area contributed by atoms with Crippen molar-refractivity contribution in [3.05, 3.63) is 95.0 Å². The predicted molar refractivity (Wildman–Crippen MR) is 224 cm³/mol. The van der Waals surface area contributed by atoms with Crippen LogP contribution in [0, 0.1) is 34.5 Å². The summed E-state index contributed by atoms with van der Waals surface area (Å²) < 4.78 is 5.12. The number of benzene rings is 2. The number of unbranched alkanes of at least 4 members (excludes halogenated alkanes) is 1. The average molecular weight is 799 g/mol. The molecule has 6 rings (SSSR count). The first-order chi connectivity index (χ1) is 27.6. The Kier molecular flexibility index (Phi) is 15.2. The van der Waals surface area contributed by atoms with Crippen molar-refractivity contribution in [3.63, 3.8) is 0 Å². The maximum absolute atomic E-state index is 12.7. The van der Waals surface area contributed by atoms with E-state index >= 15 is 0 Å². The van der Waals surface area contributed by atoms with Gasteiger partial charge in [0.05, 0.1) is 12.0 Å². The van der Waals surface area contributed by atoms with E-state index in [0.29, 0.717) is 24.7 Å². The molecule has 9 heteroatoms. The lowest BCUT2D eigenvalue weighted by atomic mass is 9.56. The second kappa shape index (κ2) is 19.7. The minimum absolute atomic E-state index is 0.0138. The summed E-state index contributed by atoms with van der Waals surface area (Å²) in [7, 11) is 0. The summed E-state index contributed by atoms with van der Waals surface area (Å²) in [5, 5.41) is 40.4. The van der Waals surface area contributed by atoms with Crippen molar-refractivity contribution in [3.8, 4) is 0 Å². The van der Waals surface area contributed by atoms with Crippen LogP contribution in [0.1, 0.15) is 158 Å². The van der Waals surface area contributed by atoms with Gasteiger partial charge in [0.25, 0.3) is 0 Å². The Bertz CT molecular complexity index is 1810. The quantitative estimate of drug-likeness (QED) is 0.0561. The first kappa shape index (κ1) is 44.9. The number of ether oxygens (including phenoxy) is 1. The zero-order chi connectivity index (χ0) is 42.1. The Morgan fingerprint density at radius 1 is 0.897 bits per heavy atom. The summed E-state index contributed by atoms with van der Waals surface area (Å²) in [6, 6.07) is 16.8. The number of carboxylic acid groups (broad SMARTS) is 2. The molecule has 7 atom stereocenters. The van der Waals surface area contributed by atoms with Crippen LogP contribution in [-0.2, 0) is 25.5 Å². The van der Waals surface area contributed by atoms with Gasteiger partial charge < -0.3 is 25.2 Å². The summed E-state index contributed by atoms with van der Waals surface area (Å²) in [6.45, 7) is 9.18. The van der Waals surface area contributed by atoms with Crippen LogP contribution in [0.15, 0.2) is 78.3 Å². The predicted octanol–water partition coefficient (Wildman–Crippen LogP) is 10.8. The van der Waals surface area contributed by atoms with Gasteiger partial charge in [0.15, 0.2) is 5.76 Å². The van der Waals surface area contributed by atoms with Crippen LogP contribution in [0.2, 0.25) is 0 Å². The first-order valence-corrected chi connectivity index (χ1v) is 21.7. The van der Waals surface area contributed by atoms with Gasteiger partial charge in [-0.15, -0.1) is 0 Å². The summed E-state index contributed by atoms with van der Waals surface area (Å²) in [5.74, 6) is -4.24. The minimum atomic E-state index is -2.50. The summed E-state index contributed by atoms with van der Waals surface area (Å²) in [6.07, 6.45) is 18.9. The van der Waals surface area contributed by atoms with Gasteiger partial charge in [0.2, 0.25) is 5.76 Å². The molecular formula is C49H66O9. The largest absolute Gasteiger partial charge is 0.499 e. The third kappa shape index (κ3) is 11.1. The molecule has 4 aliphatic carbocycles. The molecule has 0 aromatic heterocycles. The average Bonchev–Trinajstić information content (AvgIpc) is 3.77. The lowest BCUT2D eigenvalue weighted by Crippen LogP contribution is -2.39. The molecule has 0 bridgehead atoms. The van der Waals surface area contributed by atoms with Crippen molar-refractivity contribution in [2.75, 3.05) is 0 Å². The summed E-state index contributed by atoms with van der Waals surface area (Å²) in [4.78, 5) is 48.5. The van der Waals surface area contributed by atoms with Crippen molar-refractivity contribution < 1.29 is 44.3 Å². The van der Waals surface area contributed by atoms with Gasteiger partial charge in [-0.25, -0.2) is 9.59 Å². The number of aliphatic hydroxyl groups excluding tert-OH is 1. The summed E-state index contributed by atoms with van der Waals surface area (Å²) in [5.41, 5.74) is 1.73. The lowest BCUT2D eigenvalue weighted by Gasteiger charge is -2.49. The number of fused-ring (bicyclic) bond motifs is 5. The van der Waals surface area contributed by atoms with Crippen molar-refractivity contribution >= 4 is 23.7 Å². The number of Topliss-reactive ketones (excluding diaryl/α,β-unsaturated/α-hetero) is 1. The molecule has 3 saturated carbocycles. The standard InChI is InChI=1S/C31H42O9.C18H24/c1-4-5-17-30(2,3)18-9-13-21-15-16-24(32)23(21)14-10-19-31(39,20-25(33)34)27(26(35)28(36)37)40-29(38)22-11-7-6-8-12-22;1-18-11-4-7-17(18)16-9-8-13-5-2-3-6-14(13)15(16)10-12-18/h6-9,11-13,21,23,35,39H,4-5,10,14-20H2,1-3H3,(H,33,34)(H,36,37);2-3,5-6,15-17H,4,7-12H2,1H3/b13-9+,27-26+;/t21-,23+,31?;15-,16-,17+,18+/m01/s1. The van der Waals surface area contributed by atoms with Crippen molar-refractivity contribution in [1.82, 2.24) is 0 Å². The van der Waals surface area contributed by atoms with Gasteiger partial charge in [-0.2, -0.15) is 0 Å². The van der Waals surface area contributed by atoms with Gasteiger partial charge in [-0.1, -0.05) is 102 Å². The van der Waals surface area contributed by atoms with E-state index in [4.69, 9.17) is 4.74 Å². The number of carbonyl (C=O) groups excluding carboxylic acids is 2. The van der Waals surface area contributed by atoms with Gasteiger partial charge in [-0.3, -0.25) is 9.59 Å². The van der Waals surface area contributed by atoms with E-state index in [1.807, 2.05) is 0 Å². The number of allylic oxidation sites excluding steroid dienone is 2. The van der Waals surface area contributed by atoms with E-state index in [9.17, 15) is 39.6 Å². The van der Waals surface area contributed by atoms with E-state index in [0.717, 1.165) is 43.4 Å². The van der Waals surface area contributed by atoms with E-state index in [1.54, 1.807) is 17.2 Å². The second-order valence-electron chi connectivity index (χ2n) is 18.6. The molecule has 0 saturated heterocycles. The van der Waals surface area contributed by atoms with E-state index in [1.165, 1.54) is 69.2 Å². The van der Waals surface area contributed by atoms with Crippen LogP contribution in [-0.4, -0.2) is 49.7 Å². The molecule has 0 heterocycles. The number of aliphatic hydroxyl groups is 2. The highest BCUT2D eigenvalue weighted by atomic mass is 16.6. The van der Waals surface area contributed by atoms with Crippen molar-refractivity contribution in [2.45, 2.75) is 148 Å². The van der Waals surface area contributed by atoms with Crippen LogP contribution in [0.5, 0.6) is 0 Å². The van der Waals surface area contributed by atoms with Crippen molar-refractivity contribution in [2.24, 2.45) is 34.5 Å². The molecule has 0 amide bonds. The molecule has 1 unspecified atom stereocenters. The Labute approximate surface area is 345 Å². The van der Waals surface area contributed by atoms with Gasteiger partial charge in [0, 0.05) is 12.3 Å². The number of rotatable bonds is 16. The van der Waals surface area contributed by atoms with Crippen LogP contribution >= 0.6 is 0 Å². The maximum atomic E-state index is 12.7. The number of carbonyl (C=O) groups is 4. The zero-order valence-electron chi connectivity index (χ0n) is 35.1. The molecular weight excluding hydrogens is 733 g/mol. The van der Waals surface area contributed by atoms with Gasteiger partial charge in [0.1, 0.15) is 11.4 Å². The fourth-order valence-electron chi connectivity index (χ4n) is 10.7. The molecule has 2 aromatic rings. The fourth-order valence-corrected chi connectivity index (χ4v) is 10.7. The van der Waals surface area contributed by atoms with E-state index in [-0.39, 0.29) is 41.4 Å². The number of hydrogen-bond acceptors (Lipinski definition) is 7. The number of aryl methyl sites for hydroxylation is 1. The molecule has 4 aliphatic rings. The Morgan fingerprint density at radius 2 is 1.62 bits per heavy atom. The molecule has 58 heavy (non-hydrogen) atoms. The van der Waals surface area contributed by atoms with E-state index < -0.39 is 41.4 Å². The monoisotopic (exact) mass is 798 g/mol. The minimum Gasteiger partial charge on any atom is -0.499 e. The first-order valence-electron chi connectivity index (χ1n) is 21.7. The Hall–Kier alpha value is -4.24. The topological polar surface area (TPSA) is 158 Å². The molecule has 2 aromatic carbocycles. The molecule has 0 aliphatic heterocycles. The van der Waals surface area contributed by atoms with E-state index in [2.05, 4.69) is 64.1 Å². The molecule has 3 fully saturated rings. The summed E-state index contributed by atoms with van der Waals surface area (Å²) >= 11 is 0. The molecule has 9 nitrogen and oxygen atoms in total. The Morgan fingerprint density at radius 3 is 2.33 bits per heavy atom. The fraction of sp³-hybridized carbons (Fsp3) is 0.592. The number of carboxylic acids is 2. The third-order valence-corrected chi connectivity index (χ3v) is 13.9. The maximum Gasteiger partial charge on any atom is 0.374 e. The number of aliphatic carboxylic acids is 2. The van der Waals surface area contributed by atoms with Crippen LogP contribution in [0.3, 0.4) is 0 Å². The molecule has 4 N–H and O–H groups in total. The smallest absolute Gasteiger partial charge is 0.374 e. The molecule has 0 spiro atoms. The number of hydrogen-bond donors (Lipinski definition) is 4. The highest BCUT2D eigenvalue weighted by Gasteiger charge is 2.50. The van der Waals surface area contributed by atoms with Crippen molar-refractivity contribution in [1.29, 1.82) is 0 Å². The number of ketones is 1. The van der Waals surface area contributed by atoms with Crippen LogP contribution in [0.4, 0.5) is 0 Å². The number of esters is 1. The molecule has 0 radical (unpaired) electrons. The highest BCUT2D eigenvalue weighted by molar-refractivity contribution is 5.92. The van der Waals surface area contributed by atoms with Crippen LogP contribution < -0.4 is 0 Å². The highest BCUT2D eigenvalue weighted by Crippen LogP contribution is 2.60. The zero-order valence-corrected chi connectivity index (χ0v) is 35.1. The molecule has 316 valence electrons. The normalized spacial score (nSPS) is 26.6. The SMILES string of the molecule is CCCCC(C)(C)C/C=C/[C@H]1CCC(=O)[C@@H]1CCCC(O)(CC(=O)O)/C(OC(=O)c1ccccc1)=C(\O)C(=O)O.C[C@@]12CCC[C@H]1[C@@H]1CCc3ccccc3[C@H]1CC2. The van der Waals surface area contributed by atoms with Gasteiger partial charge in [-0.05, 0) is 135 Å². The lowest BCUT2D eigenvalue weighted by molar-refractivity contribution is -0.144. The van der Waals surface area contributed by atoms with Crippen LogP contribution in [0.25, 0.3) is 0 Å². The Balaban J connectivity index is 0.000000290. The van der Waals surface area contributed by atoms with Gasteiger partial charge >= 0.3 is 17.9 Å².